The van der Waals surface area contributed by atoms with Crippen LogP contribution in [0.2, 0.25) is 0 Å². The number of rotatable bonds is 2. The molecule has 1 nitrogen and oxygen atoms in total. The van der Waals surface area contributed by atoms with E-state index in [2.05, 4.69) is 0 Å². The molecule has 0 amide bonds. The fourth-order valence-electron chi connectivity index (χ4n) is 2.73. The van der Waals surface area contributed by atoms with E-state index < -0.39 is 11.6 Å². The third kappa shape index (κ3) is 3.50. The summed E-state index contributed by atoms with van der Waals surface area (Å²) in [7, 11) is 0. The number of hydrogen-bond donors (Lipinski definition) is 1. The van der Waals surface area contributed by atoms with E-state index in [9.17, 15) is 8.78 Å². The van der Waals surface area contributed by atoms with Gasteiger partial charge < -0.3 is 5.73 Å². The van der Waals surface area contributed by atoms with Crippen molar-refractivity contribution in [2.24, 2.45) is 5.73 Å². The lowest BCUT2D eigenvalue weighted by Gasteiger charge is -2.28. The van der Waals surface area contributed by atoms with Crippen LogP contribution in [0.25, 0.3) is 0 Å². The normalized spacial score (nSPS) is 19.9. The van der Waals surface area contributed by atoms with Crippen molar-refractivity contribution in [1.82, 2.24) is 0 Å². The molecule has 1 aromatic rings. The van der Waals surface area contributed by atoms with E-state index in [0.717, 1.165) is 31.7 Å². The zero-order valence-electron chi connectivity index (χ0n) is 10.0. The van der Waals surface area contributed by atoms with Gasteiger partial charge in [0.2, 0.25) is 0 Å². The lowest BCUT2D eigenvalue weighted by atomic mass is 9.85. The Kier molecular flexibility index (Phi) is 3.77. The molecule has 0 radical (unpaired) electrons. The van der Waals surface area contributed by atoms with Gasteiger partial charge in [-0.1, -0.05) is 25.7 Å². The zero-order valence-corrected chi connectivity index (χ0v) is 10.0. The highest BCUT2D eigenvalue weighted by atomic mass is 19.1. The summed E-state index contributed by atoms with van der Waals surface area (Å²) >= 11 is 0. The maximum Gasteiger partial charge on any atom is 0.126 e. The molecule has 94 valence electrons. The molecule has 0 aliphatic heterocycles. The third-order valence-electron chi connectivity index (χ3n) is 3.58. The van der Waals surface area contributed by atoms with Gasteiger partial charge in [0, 0.05) is 11.6 Å². The molecule has 17 heavy (non-hydrogen) atoms. The average Bonchev–Trinajstić information content (AvgIpc) is 2.41. The van der Waals surface area contributed by atoms with Gasteiger partial charge in [0.05, 0.1) is 0 Å². The maximum atomic E-state index is 13.1. The SMILES string of the molecule is NC1(Cc2cc(F)cc(F)c2)CCCCCC1. The number of hydrogen-bond acceptors (Lipinski definition) is 1. The van der Waals surface area contributed by atoms with Crippen LogP contribution in [0.3, 0.4) is 0 Å². The summed E-state index contributed by atoms with van der Waals surface area (Å²) < 4.78 is 26.2. The minimum atomic E-state index is -0.516. The van der Waals surface area contributed by atoms with E-state index in [1.165, 1.54) is 25.0 Å². The van der Waals surface area contributed by atoms with Crippen molar-refractivity contribution in [3.05, 3.63) is 35.4 Å². The first-order valence-electron chi connectivity index (χ1n) is 6.31. The van der Waals surface area contributed by atoms with Crippen LogP contribution in [0.5, 0.6) is 0 Å². The van der Waals surface area contributed by atoms with Crippen molar-refractivity contribution in [2.75, 3.05) is 0 Å². The van der Waals surface area contributed by atoms with Crippen LogP contribution in [0.15, 0.2) is 18.2 Å². The lowest BCUT2D eigenvalue weighted by molar-refractivity contribution is 0.368. The van der Waals surface area contributed by atoms with Crippen LogP contribution in [-0.2, 0) is 6.42 Å². The van der Waals surface area contributed by atoms with Gasteiger partial charge >= 0.3 is 0 Å². The number of benzene rings is 1. The van der Waals surface area contributed by atoms with Crippen LogP contribution in [0, 0.1) is 11.6 Å². The molecule has 0 aromatic heterocycles. The van der Waals surface area contributed by atoms with Gasteiger partial charge in [-0.05, 0) is 37.0 Å². The van der Waals surface area contributed by atoms with Crippen LogP contribution in [-0.4, -0.2) is 5.54 Å². The molecule has 0 bridgehead atoms. The Bertz CT molecular complexity index is 362. The van der Waals surface area contributed by atoms with E-state index in [1.807, 2.05) is 0 Å². The highest BCUT2D eigenvalue weighted by Crippen LogP contribution is 2.28. The van der Waals surface area contributed by atoms with E-state index >= 15 is 0 Å². The van der Waals surface area contributed by atoms with E-state index in [0.29, 0.717) is 12.0 Å². The van der Waals surface area contributed by atoms with Gasteiger partial charge in [-0.15, -0.1) is 0 Å². The maximum absolute atomic E-state index is 13.1. The smallest absolute Gasteiger partial charge is 0.126 e. The minimum Gasteiger partial charge on any atom is -0.325 e. The second kappa shape index (κ2) is 5.13. The molecule has 3 heteroatoms. The van der Waals surface area contributed by atoms with Gasteiger partial charge in [0.1, 0.15) is 11.6 Å². The number of halogens is 2. The number of nitrogens with two attached hydrogens (primary N) is 1. The Balaban J connectivity index is 2.12. The Morgan fingerprint density at radius 1 is 0.941 bits per heavy atom. The summed E-state index contributed by atoms with van der Waals surface area (Å²) in [6.07, 6.45) is 7.15. The fraction of sp³-hybridized carbons (Fsp3) is 0.571. The Labute approximate surface area is 101 Å². The lowest BCUT2D eigenvalue weighted by Crippen LogP contribution is -2.41. The largest absolute Gasteiger partial charge is 0.325 e. The van der Waals surface area contributed by atoms with Crippen LogP contribution >= 0.6 is 0 Å². The first-order chi connectivity index (χ1) is 8.07. The summed E-state index contributed by atoms with van der Waals surface area (Å²) in [6, 6.07) is 3.69. The minimum absolute atomic E-state index is 0.281. The first kappa shape index (κ1) is 12.5. The Morgan fingerprint density at radius 3 is 2.00 bits per heavy atom. The average molecular weight is 239 g/mol. The van der Waals surface area contributed by atoms with Crippen molar-refractivity contribution < 1.29 is 8.78 Å². The molecule has 0 saturated heterocycles. The van der Waals surface area contributed by atoms with Crippen molar-refractivity contribution in [3.63, 3.8) is 0 Å². The van der Waals surface area contributed by atoms with Gasteiger partial charge in [0.15, 0.2) is 0 Å². The molecule has 2 rings (SSSR count). The standard InChI is InChI=1S/C14H19F2N/c15-12-7-11(8-13(16)9-12)10-14(17)5-3-1-2-4-6-14/h7-9H,1-6,10,17H2. The monoisotopic (exact) mass is 239 g/mol. The molecule has 0 atom stereocenters. The summed E-state index contributed by atoms with van der Waals surface area (Å²) in [5, 5.41) is 0. The molecule has 2 N–H and O–H groups in total. The summed E-state index contributed by atoms with van der Waals surface area (Å²) in [5.41, 5.74) is 6.74. The van der Waals surface area contributed by atoms with Gasteiger partial charge in [0.25, 0.3) is 0 Å². The van der Waals surface area contributed by atoms with Gasteiger partial charge in [-0.2, -0.15) is 0 Å². The van der Waals surface area contributed by atoms with Crippen molar-refractivity contribution in [3.8, 4) is 0 Å². The molecule has 0 heterocycles. The quantitative estimate of drug-likeness (QED) is 0.785. The first-order valence-corrected chi connectivity index (χ1v) is 6.31. The van der Waals surface area contributed by atoms with E-state index in [1.54, 1.807) is 0 Å². The highest BCUT2D eigenvalue weighted by molar-refractivity contribution is 5.20. The van der Waals surface area contributed by atoms with Crippen LogP contribution < -0.4 is 5.73 Å². The molecule has 1 aliphatic carbocycles. The molecule has 0 spiro atoms. The second-order valence-corrected chi connectivity index (χ2v) is 5.23. The Morgan fingerprint density at radius 2 is 1.47 bits per heavy atom. The third-order valence-corrected chi connectivity index (χ3v) is 3.58. The summed E-state index contributed by atoms with van der Waals surface area (Å²) in [6.45, 7) is 0. The van der Waals surface area contributed by atoms with E-state index in [-0.39, 0.29) is 5.54 Å². The van der Waals surface area contributed by atoms with Crippen LogP contribution in [0.4, 0.5) is 8.78 Å². The van der Waals surface area contributed by atoms with Crippen molar-refractivity contribution >= 4 is 0 Å². The molecule has 1 fully saturated rings. The van der Waals surface area contributed by atoms with Gasteiger partial charge in [-0.25, -0.2) is 8.78 Å². The van der Waals surface area contributed by atoms with Crippen LogP contribution in [0.1, 0.15) is 44.1 Å². The summed E-state index contributed by atoms with van der Waals surface area (Å²) in [5.74, 6) is -1.03. The molecule has 1 saturated carbocycles. The second-order valence-electron chi connectivity index (χ2n) is 5.23. The summed E-state index contributed by atoms with van der Waals surface area (Å²) in [4.78, 5) is 0. The Hall–Kier alpha value is -0.960. The molecule has 0 unspecified atom stereocenters. The van der Waals surface area contributed by atoms with Gasteiger partial charge in [-0.3, -0.25) is 0 Å². The van der Waals surface area contributed by atoms with E-state index in [4.69, 9.17) is 5.73 Å². The molecular formula is C14H19F2N. The zero-order chi connectivity index (χ0) is 12.3. The molecule has 1 aliphatic rings. The molecular weight excluding hydrogens is 220 g/mol. The fourth-order valence-corrected chi connectivity index (χ4v) is 2.73. The van der Waals surface area contributed by atoms with Crippen molar-refractivity contribution in [2.45, 2.75) is 50.5 Å². The molecule has 1 aromatic carbocycles. The topological polar surface area (TPSA) is 26.0 Å². The van der Waals surface area contributed by atoms with Crippen molar-refractivity contribution in [1.29, 1.82) is 0 Å². The predicted molar refractivity (Wildman–Crippen MR) is 64.7 cm³/mol. The predicted octanol–water partition coefficient (Wildman–Crippen LogP) is 3.56. The highest BCUT2D eigenvalue weighted by Gasteiger charge is 2.26.